The SMILES string of the molecule is CCC(N)C(c1ccccc1C)N1CCC(C(N)=O)CC1. The van der Waals surface area contributed by atoms with Gasteiger partial charge in [-0.2, -0.15) is 0 Å². The van der Waals surface area contributed by atoms with Gasteiger partial charge in [-0.25, -0.2) is 0 Å². The predicted octanol–water partition coefficient (Wildman–Crippen LogP) is 1.97. The Balaban J connectivity index is 2.19. The van der Waals surface area contributed by atoms with E-state index in [4.69, 9.17) is 11.5 Å². The van der Waals surface area contributed by atoms with Crippen molar-refractivity contribution in [3.63, 3.8) is 0 Å². The minimum Gasteiger partial charge on any atom is -0.369 e. The second kappa shape index (κ2) is 7.05. The molecule has 2 unspecified atom stereocenters. The van der Waals surface area contributed by atoms with Gasteiger partial charge in [0, 0.05) is 12.0 Å². The number of amides is 1. The lowest BCUT2D eigenvalue weighted by atomic mass is 9.89. The van der Waals surface area contributed by atoms with Gasteiger partial charge in [0.2, 0.25) is 5.91 Å². The van der Waals surface area contributed by atoms with Crippen molar-refractivity contribution < 1.29 is 4.79 Å². The van der Waals surface area contributed by atoms with E-state index >= 15 is 0 Å². The monoisotopic (exact) mass is 289 g/mol. The molecule has 1 aromatic carbocycles. The minimum atomic E-state index is -0.165. The average Bonchev–Trinajstić information content (AvgIpc) is 2.49. The van der Waals surface area contributed by atoms with E-state index in [9.17, 15) is 4.79 Å². The van der Waals surface area contributed by atoms with Crippen molar-refractivity contribution in [2.45, 2.75) is 45.2 Å². The van der Waals surface area contributed by atoms with Crippen molar-refractivity contribution in [3.05, 3.63) is 35.4 Å². The number of hydrogen-bond acceptors (Lipinski definition) is 3. The second-order valence-corrected chi connectivity index (χ2v) is 6.09. The van der Waals surface area contributed by atoms with Gasteiger partial charge in [0.05, 0.1) is 6.04 Å². The summed E-state index contributed by atoms with van der Waals surface area (Å²) >= 11 is 0. The molecule has 1 saturated heterocycles. The Kier molecular flexibility index (Phi) is 5.37. The number of hydrogen-bond donors (Lipinski definition) is 2. The number of carbonyl (C=O) groups excluding carboxylic acids is 1. The molecule has 0 bridgehead atoms. The standard InChI is InChI=1S/C17H27N3O/c1-3-15(18)16(14-7-5-4-6-12(14)2)20-10-8-13(9-11-20)17(19)21/h4-7,13,15-16H,3,8-11,18H2,1-2H3,(H2,19,21). The Morgan fingerprint density at radius 1 is 1.33 bits per heavy atom. The molecule has 1 aliphatic heterocycles. The van der Waals surface area contributed by atoms with Crippen molar-refractivity contribution >= 4 is 5.91 Å². The third kappa shape index (κ3) is 3.63. The zero-order chi connectivity index (χ0) is 15.4. The van der Waals surface area contributed by atoms with Gasteiger partial charge in [-0.05, 0) is 50.4 Å². The summed E-state index contributed by atoms with van der Waals surface area (Å²) in [6.07, 6.45) is 2.62. The first-order chi connectivity index (χ1) is 10.0. The van der Waals surface area contributed by atoms with Gasteiger partial charge in [-0.3, -0.25) is 9.69 Å². The molecule has 4 N–H and O–H groups in total. The van der Waals surface area contributed by atoms with Gasteiger partial charge in [-0.15, -0.1) is 0 Å². The molecule has 1 aliphatic rings. The van der Waals surface area contributed by atoms with Crippen LogP contribution in [0.1, 0.15) is 43.4 Å². The lowest BCUT2D eigenvalue weighted by Gasteiger charge is -2.40. The summed E-state index contributed by atoms with van der Waals surface area (Å²) in [4.78, 5) is 13.8. The van der Waals surface area contributed by atoms with Gasteiger partial charge in [0.15, 0.2) is 0 Å². The highest BCUT2D eigenvalue weighted by molar-refractivity contribution is 5.76. The van der Waals surface area contributed by atoms with Crippen molar-refractivity contribution in [2.24, 2.45) is 17.4 Å². The van der Waals surface area contributed by atoms with Crippen LogP contribution >= 0.6 is 0 Å². The lowest BCUT2D eigenvalue weighted by molar-refractivity contribution is -0.123. The van der Waals surface area contributed by atoms with Crippen LogP contribution in [0.5, 0.6) is 0 Å². The van der Waals surface area contributed by atoms with Gasteiger partial charge in [0.25, 0.3) is 0 Å². The number of benzene rings is 1. The third-order valence-electron chi connectivity index (χ3n) is 4.71. The molecule has 2 rings (SSSR count). The Morgan fingerprint density at radius 3 is 2.48 bits per heavy atom. The maximum Gasteiger partial charge on any atom is 0.220 e. The molecule has 116 valence electrons. The number of nitrogens with zero attached hydrogens (tertiary/aromatic N) is 1. The van der Waals surface area contributed by atoms with Crippen LogP contribution in [0.2, 0.25) is 0 Å². The fraction of sp³-hybridized carbons (Fsp3) is 0.588. The highest BCUT2D eigenvalue weighted by Gasteiger charge is 2.31. The molecular formula is C17H27N3O. The fourth-order valence-corrected chi connectivity index (χ4v) is 3.30. The fourth-order valence-electron chi connectivity index (χ4n) is 3.30. The number of nitrogens with two attached hydrogens (primary N) is 2. The number of likely N-dealkylation sites (tertiary alicyclic amines) is 1. The zero-order valence-electron chi connectivity index (χ0n) is 13.1. The van der Waals surface area contributed by atoms with E-state index in [1.54, 1.807) is 0 Å². The molecule has 1 amide bonds. The summed E-state index contributed by atoms with van der Waals surface area (Å²) in [6.45, 7) is 6.05. The first-order valence-electron chi connectivity index (χ1n) is 7.89. The number of primary amides is 1. The van der Waals surface area contributed by atoms with Crippen LogP contribution < -0.4 is 11.5 Å². The van der Waals surface area contributed by atoms with Gasteiger partial charge >= 0.3 is 0 Å². The Morgan fingerprint density at radius 2 is 1.95 bits per heavy atom. The maximum absolute atomic E-state index is 11.3. The summed E-state index contributed by atoms with van der Waals surface area (Å²) in [5, 5.41) is 0. The van der Waals surface area contributed by atoms with Crippen LogP contribution in [0, 0.1) is 12.8 Å². The lowest BCUT2D eigenvalue weighted by Crippen LogP contribution is -2.46. The minimum absolute atomic E-state index is 0.0246. The number of rotatable bonds is 5. The van der Waals surface area contributed by atoms with E-state index in [0.717, 1.165) is 32.4 Å². The van der Waals surface area contributed by atoms with Gasteiger partial charge < -0.3 is 11.5 Å². The molecule has 1 fully saturated rings. The highest BCUT2D eigenvalue weighted by Crippen LogP contribution is 2.31. The number of carbonyl (C=O) groups is 1. The molecule has 0 spiro atoms. The molecule has 4 nitrogen and oxygen atoms in total. The Labute approximate surface area is 127 Å². The quantitative estimate of drug-likeness (QED) is 0.870. The van der Waals surface area contributed by atoms with Crippen LogP contribution in [0.15, 0.2) is 24.3 Å². The largest absolute Gasteiger partial charge is 0.369 e. The molecule has 21 heavy (non-hydrogen) atoms. The molecule has 0 saturated carbocycles. The van der Waals surface area contributed by atoms with Crippen LogP contribution in [-0.4, -0.2) is 29.9 Å². The van der Waals surface area contributed by atoms with E-state index < -0.39 is 0 Å². The van der Waals surface area contributed by atoms with E-state index in [1.165, 1.54) is 11.1 Å². The topological polar surface area (TPSA) is 72.3 Å². The summed E-state index contributed by atoms with van der Waals surface area (Å²) < 4.78 is 0. The molecule has 0 radical (unpaired) electrons. The predicted molar refractivity (Wildman–Crippen MR) is 85.7 cm³/mol. The molecule has 4 heteroatoms. The Bertz CT molecular complexity index is 481. The zero-order valence-corrected chi connectivity index (χ0v) is 13.1. The third-order valence-corrected chi connectivity index (χ3v) is 4.71. The normalized spacial score (nSPS) is 20.1. The van der Waals surface area contributed by atoms with Crippen molar-refractivity contribution in [1.29, 1.82) is 0 Å². The van der Waals surface area contributed by atoms with Gasteiger partial charge in [0.1, 0.15) is 0 Å². The van der Waals surface area contributed by atoms with Crippen LogP contribution in [0.4, 0.5) is 0 Å². The van der Waals surface area contributed by atoms with Crippen LogP contribution in [0.3, 0.4) is 0 Å². The molecular weight excluding hydrogens is 262 g/mol. The van der Waals surface area contributed by atoms with Crippen molar-refractivity contribution in [3.8, 4) is 0 Å². The second-order valence-electron chi connectivity index (χ2n) is 6.09. The first kappa shape index (κ1) is 16.0. The summed E-state index contributed by atoms with van der Waals surface area (Å²) in [5.41, 5.74) is 14.4. The van der Waals surface area contributed by atoms with Crippen molar-refractivity contribution in [1.82, 2.24) is 4.90 Å². The number of aryl methyl sites for hydroxylation is 1. The molecule has 0 aliphatic carbocycles. The molecule has 1 aromatic rings. The van der Waals surface area contributed by atoms with E-state index in [1.807, 2.05) is 0 Å². The Hall–Kier alpha value is -1.39. The van der Waals surface area contributed by atoms with Crippen molar-refractivity contribution in [2.75, 3.05) is 13.1 Å². The molecule has 1 heterocycles. The average molecular weight is 289 g/mol. The van der Waals surface area contributed by atoms with E-state index in [2.05, 4.69) is 43.0 Å². The van der Waals surface area contributed by atoms with Crippen LogP contribution in [0.25, 0.3) is 0 Å². The first-order valence-corrected chi connectivity index (χ1v) is 7.89. The highest BCUT2D eigenvalue weighted by atomic mass is 16.1. The smallest absolute Gasteiger partial charge is 0.220 e. The summed E-state index contributed by atoms with van der Waals surface area (Å²) in [6, 6.07) is 8.79. The van der Waals surface area contributed by atoms with E-state index in [-0.39, 0.29) is 23.9 Å². The van der Waals surface area contributed by atoms with Crippen LogP contribution in [-0.2, 0) is 4.79 Å². The van der Waals surface area contributed by atoms with Gasteiger partial charge in [-0.1, -0.05) is 31.2 Å². The molecule has 0 aromatic heterocycles. The maximum atomic E-state index is 11.3. The number of piperidine rings is 1. The summed E-state index contributed by atoms with van der Waals surface area (Å²) in [5.74, 6) is -0.140. The molecule has 2 atom stereocenters. The van der Waals surface area contributed by atoms with E-state index in [0.29, 0.717) is 0 Å². The summed E-state index contributed by atoms with van der Waals surface area (Å²) in [7, 11) is 0.